The van der Waals surface area contributed by atoms with Gasteiger partial charge in [-0.3, -0.25) is 9.79 Å². The fourth-order valence-corrected chi connectivity index (χ4v) is 4.06. The van der Waals surface area contributed by atoms with Crippen molar-refractivity contribution in [1.29, 1.82) is 0 Å². The number of aliphatic imine (C=N–C) groups is 1. The molecule has 1 spiro atoms. The number of carbonyl (C=O) groups is 1. The number of hydrogen-bond donors (Lipinski definition) is 1. The molecule has 6 heteroatoms. The number of nitrogens with one attached hydrogen (secondary N) is 1. The van der Waals surface area contributed by atoms with Crippen molar-refractivity contribution >= 4 is 11.9 Å². The van der Waals surface area contributed by atoms with E-state index < -0.39 is 0 Å². The number of amides is 1. The first-order valence-corrected chi connectivity index (χ1v) is 10.0. The van der Waals surface area contributed by atoms with E-state index in [9.17, 15) is 4.79 Å². The van der Waals surface area contributed by atoms with Crippen LogP contribution in [0.25, 0.3) is 0 Å². The number of benzene rings is 1. The summed E-state index contributed by atoms with van der Waals surface area (Å²) in [5, 5.41) is 3.47. The zero-order chi connectivity index (χ0) is 19.3. The van der Waals surface area contributed by atoms with Crippen LogP contribution >= 0.6 is 0 Å². The van der Waals surface area contributed by atoms with Gasteiger partial charge in [0.25, 0.3) is 5.91 Å². The van der Waals surface area contributed by atoms with Crippen LogP contribution in [0.1, 0.15) is 42.6 Å². The second-order valence-electron chi connectivity index (χ2n) is 7.55. The lowest BCUT2D eigenvalue weighted by molar-refractivity contribution is 0.0773. The third-order valence-electron chi connectivity index (χ3n) is 5.84. The maximum atomic E-state index is 12.4. The Morgan fingerprint density at radius 2 is 2.00 bits per heavy atom. The van der Waals surface area contributed by atoms with Gasteiger partial charge in [-0.2, -0.15) is 0 Å². The van der Waals surface area contributed by atoms with Crippen molar-refractivity contribution < 1.29 is 9.53 Å². The molecule has 2 heterocycles. The van der Waals surface area contributed by atoms with Crippen LogP contribution in [-0.2, 0) is 11.3 Å². The van der Waals surface area contributed by atoms with Crippen LogP contribution in [0.15, 0.2) is 29.3 Å². The van der Waals surface area contributed by atoms with Gasteiger partial charge in [-0.25, -0.2) is 0 Å². The normalized spacial score (nSPS) is 22.5. The summed E-state index contributed by atoms with van der Waals surface area (Å²) in [5.41, 5.74) is 2.21. The van der Waals surface area contributed by atoms with Crippen molar-refractivity contribution in [2.45, 2.75) is 33.2 Å². The molecule has 1 aromatic rings. The maximum Gasteiger partial charge on any atom is 0.253 e. The van der Waals surface area contributed by atoms with Gasteiger partial charge in [-0.15, -0.1) is 0 Å². The van der Waals surface area contributed by atoms with Crippen LogP contribution < -0.4 is 5.32 Å². The van der Waals surface area contributed by atoms with E-state index in [2.05, 4.69) is 15.2 Å². The molecule has 2 aliphatic heterocycles. The maximum absolute atomic E-state index is 12.4. The molecule has 0 saturated carbocycles. The number of likely N-dealkylation sites (tertiary alicyclic amines) is 1. The molecule has 2 fully saturated rings. The Kier molecular flexibility index (Phi) is 6.37. The fraction of sp³-hybridized carbons (Fsp3) is 0.619. The quantitative estimate of drug-likeness (QED) is 0.637. The minimum atomic E-state index is 0.0940. The predicted octanol–water partition coefficient (Wildman–Crippen LogP) is 2.36. The Morgan fingerprint density at radius 3 is 2.59 bits per heavy atom. The van der Waals surface area contributed by atoms with Gasteiger partial charge in [-0.1, -0.05) is 12.1 Å². The van der Waals surface area contributed by atoms with Gasteiger partial charge < -0.3 is 19.9 Å². The second kappa shape index (κ2) is 8.74. The van der Waals surface area contributed by atoms with Crippen LogP contribution in [0.2, 0.25) is 0 Å². The van der Waals surface area contributed by atoms with Gasteiger partial charge >= 0.3 is 0 Å². The molecule has 1 N–H and O–H groups in total. The van der Waals surface area contributed by atoms with Crippen LogP contribution in [0.3, 0.4) is 0 Å². The van der Waals surface area contributed by atoms with E-state index in [1.165, 1.54) is 6.42 Å². The van der Waals surface area contributed by atoms with E-state index in [-0.39, 0.29) is 5.91 Å². The number of nitrogens with zero attached hydrogens (tertiary/aromatic N) is 3. The lowest BCUT2D eigenvalue weighted by Gasteiger charge is -2.25. The molecule has 1 atom stereocenters. The molecule has 27 heavy (non-hydrogen) atoms. The third-order valence-corrected chi connectivity index (χ3v) is 5.84. The molecule has 148 valence electrons. The first kappa shape index (κ1) is 19.7. The van der Waals surface area contributed by atoms with Crippen LogP contribution in [-0.4, -0.2) is 68.1 Å². The minimum Gasteiger partial charge on any atom is -0.381 e. The molecule has 3 rings (SSSR count). The molecule has 0 aromatic heterocycles. The molecule has 1 unspecified atom stereocenters. The summed E-state index contributed by atoms with van der Waals surface area (Å²) in [6.07, 6.45) is 2.33. The zero-order valence-electron chi connectivity index (χ0n) is 16.8. The molecule has 1 aromatic carbocycles. The summed E-state index contributed by atoms with van der Waals surface area (Å²) < 4.78 is 5.62. The predicted molar refractivity (Wildman–Crippen MR) is 108 cm³/mol. The lowest BCUT2D eigenvalue weighted by atomic mass is 9.87. The molecule has 0 bridgehead atoms. The number of ether oxygens (including phenoxy) is 1. The zero-order valence-corrected chi connectivity index (χ0v) is 16.8. The van der Waals surface area contributed by atoms with Crippen molar-refractivity contribution in [3.05, 3.63) is 35.4 Å². The van der Waals surface area contributed by atoms with Gasteiger partial charge in [0.2, 0.25) is 0 Å². The summed E-state index contributed by atoms with van der Waals surface area (Å²) >= 11 is 0. The highest BCUT2D eigenvalue weighted by Crippen LogP contribution is 2.38. The first-order valence-electron chi connectivity index (χ1n) is 10.0. The molecule has 0 aliphatic carbocycles. The van der Waals surface area contributed by atoms with E-state index in [1.807, 2.05) is 50.1 Å². The number of carbonyl (C=O) groups excluding carboxylic acids is 1. The standard InChI is InChI=1S/C21H32N4O2/c1-4-24(5-2)19(26)18-8-6-17(7-9-18)14-23-20(22-3)25-12-10-21(15-25)11-13-27-16-21/h6-9H,4-5,10-16H2,1-3H3,(H,22,23). The Labute approximate surface area is 162 Å². The summed E-state index contributed by atoms with van der Waals surface area (Å²) in [6.45, 7) is 9.99. The molecule has 2 saturated heterocycles. The van der Waals surface area contributed by atoms with Crippen LogP contribution in [0, 0.1) is 5.41 Å². The highest BCUT2D eigenvalue weighted by molar-refractivity contribution is 5.94. The van der Waals surface area contributed by atoms with Crippen LogP contribution in [0.4, 0.5) is 0 Å². The number of guanidine groups is 1. The second-order valence-corrected chi connectivity index (χ2v) is 7.55. The topological polar surface area (TPSA) is 57.2 Å². The van der Waals surface area contributed by atoms with E-state index in [0.717, 1.165) is 62.9 Å². The van der Waals surface area contributed by atoms with Crippen molar-refractivity contribution in [3.8, 4) is 0 Å². The Morgan fingerprint density at radius 1 is 1.26 bits per heavy atom. The summed E-state index contributed by atoms with van der Waals surface area (Å²) in [4.78, 5) is 21.0. The average molecular weight is 373 g/mol. The Bertz CT molecular complexity index is 661. The van der Waals surface area contributed by atoms with Crippen molar-refractivity contribution in [1.82, 2.24) is 15.1 Å². The molecular formula is C21H32N4O2. The monoisotopic (exact) mass is 372 g/mol. The van der Waals surface area contributed by atoms with Gasteiger partial charge in [0.15, 0.2) is 5.96 Å². The van der Waals surface area contributed by atoms with Crippen molar-refractivity contribution in [3.63, 3.8) is 0 Å². The van der Waals surface area contributed by atoms with Gasteiger partial charge in [0.05, 0.1) is 6.61 Å². The molecule has 1 amide bonds. The highest BCUT2D eigenvalue weighted by Gasteiger charge is 2.42. The largest absolute Gasteiger partial charge is 0.381 e. The summed E-state index contributed by atoms with van der Waals surface area (Å²) in [6, 6.07) is 7.88. The lowest BCUT2D eigenvalue weighted by Crippen LogP contribution is -2.41. The smallest absolute Gasteiger partial charge is 0.253 e. The summed E-state index contributed by atoms with van der Waals surface area (Å²) in [5.74, 6) is 1.04. The molecule has 6 nitrogen and oxygen atoms in total. The average Bonchev–Trinajstić information content (AvgIpc) is 3.34. The van der Waals surface area contributed by atoms with E-state index in [0.29, 0.717) is 12.0 Å². The minimum absolute atomic E-state index is 0.0940. The van der Waals surface area contributed by atoms with Crippen molar-refractivity contribution in [2.24, 2.45) is 10.4 Å². The SMILES string of the molecule is CCN(CC)C(=O)c1ccc(CNC(=NC)N2CCC3(CCOC3)C2)cc1. The van der Waals surface area contributed by atoms with E-state index in [4.69, 9.17) is 4.74 Å². The van der Waals surface area contributed by atoms with Crippen LogP contribution in [0.5, 0.6) is 0 Å². The number of rotatable bonds is 5. The molecule has 2 aliphatic rings. The fourth-order valence-electron chi connectivity index (χ4n) is 4.06. The highest BCUT2D eigenvalue weighted by atomic mass is 16.5. The summed E-state index contributed by atoms with van der Waals surface area (Å²) in [7, 11) is 1.84. The molecular weight excluding hydrogens is 340 g/mol. The van der Waals surface area contributed by atoms with Gasteiger partial charge in [-0.05, 0) is 44.4 Å². The first-order chi connectivity index (χ1) is 13.1. The van der Waals surface area contributed by atoms with Gasteiger partial charge in [0.1, 0.15) is 0 Å². The van der Waals surface area contributed by atoms with Gasteiger partial charge in [0, 0.05) is 57.4 Å². The Hall–Kier alpha value is -2.08. The van der Waals surface area contributed by atoms with E-state index >= 15 is 0 Å². The number of hydrogen-bond acceptors (Lipinski definition) is 3. The third kappa shape index (κ3) is 4.43. The van der Waals surface area contributed by atoms with E-state index in [1.54, 1.807) is 0 Å². The van der Waals surface area contributed by atoms with Crippen molar-refractivity contribution in [2.75, 3.05) is 46.4 Å². The Balaban J connectivity index is 1.55. The molecule has 0 radical (unpaired) electrons.